The molecule has 0 saturated heterocycles. The molecule has 0 heterocycles. The standard InChI is InChI=1S/C23H22N2O3/c1-18-8-7-12-21(14-18)27-17-23(26)25-24-15-20-11-5-6-13-22(20)28-16-19-9-3-2-4-10-19/h2-15H,16-17H2,1H3,(H,25,26)/b24-15-. The lowest BCUT2D eigenvalue weighted by molar-refractivity contribution is -0.123. The molecule has 0 bridgehead atoms. The minimum atomic E-state index is -0.333. The number of hydrogen-bond donors (Lipinski definition) is 1. The fraction of sp³-hybridized carbons (Fsp3) is 0.130. The summed E-state index contributed by atoms with van der Waals surface area (Å²) in [6.07, 6.45) is 1.56. The van der Waals surface area contributed by atoms with Crippen molar-refractivity contribution >= 4 is 12.1 Å². The number of ether oxygens (including phenoxy) is 2. The Hall–Kier alpha value is -3.60. The molecule has 0 atom stereocenters. The zero-order valence-electron chi connectivity index (χ0n) is 15.7. The Morgan fingerprint density at radius 1 is 0.964 bits per heavy atom. The van der Waals surface area contributed by atoms with Gasteiger partial charge in [-0.25, -0.2) is 5.43 Å². The molecule has 3 rings (SSSR count). The van der Waals surface area contributed by atoms with E-state index >= 15 is 0 Å². The number of para-hydroxylation sites is 1. The van der Waals surface area contributed by atoms with Crippen LogP contribution >= 0.6 is 0 Å². The number of rotatable bonds is 8. The number of aryl methyl sites for hydroxylation is 1. The fourth-order valence-corrected chi connectivity index (χ4v) is 2.51. The molecule has 0 fully saturated rings. The second kappa shape index (κ2) is 9.92. The third-order valence-electron chi connectivity index (χ3n) is 3.91. The number of nitrogens with zero attached hydrogens (tertiary/aromatic N) is 1. The molecule has 0 unspecified atom stereocenters. The summed E-state index contributed by atoms with van der Waals surface area (Å²) in [5.74, 6) is 1.01. The summed E-state index contributed by atoms with van der Waals surface area (Å²) in [5.41, 5.74) is 5.39. The highest BCUT2D eigenvalue weighted by Gasteiger charge is 2.03. The average molecular weight is 374 g/mol. The molecule has 0 aliphatic carbocycles. The zero-order valence-corrected chi connectivity index (χ0v) is 15.7. The molecule has 142 valence electrons. The van der Waals surface area contributed by atoms with Crippen LogP contribution in [-0.2, 0) is 11.4 Å². The van der Waals surface area contributed by atoms with Gasteiger partial charge in [-0.1, -0.05) is 54.6 Å². The van der Waals surface area contributed by atoms with E-state index in [0.717, 1.165) is 16.7 Å². The van der Waals surface area contributed by atoms with E-state index in [4.69, 9.17) is 9.47 Å². The lowest BCUT2D eigenvalue weighted by atomic mass is 10.2. The topological polar surface area (TPSA) is 59.9 Å². The van der Waals surface area contributed by atoms with Crippen molar-refractivity contribution in [1.29, 1.82) is 0 Å². The molecule has 5 heteroatoms. The molecule has 0 radical (unpaired) electrons. The second-order valence-electron chi connectivity index (χ2n) is 6.21. The van der Waals surface area contributed by atoms with Crippen molar-refractivity contribution < 1.29 is 14.3 Å². The first-order valence-corrected chi connectivity index (χ1v) is 8.98. The van der Waals surface area contributed by atoms with E-state index in [1.54, 1.807) is 6.21 Å². The quantitative estimate of drug-likeness (QED) is 0.477. The number of carbonyl (C=O) groups is 1. The monoisotopic (exact) mass is 374 g/mol. The summed E-state index contributed by atoms with van der Waals surface area (Å²) in [6, 6.07) is 25.0. The Kier molecular flexibility index (Phi) is 6.79. The Balaban J connectivity index is 1.51. The number of hydrazone groups is 1. The van der Waals surface area contributed by atoms with Crippen LogP contribution < -0.4 is 14.9 Å². The first-order valence-electron chi connectivity index (χ1n) is 8.98. The molecule has 1 N–H and O–H groups in total. The third kappa shape index (κ3) is 5.99. The maximum atomic E-state index is 11.9. The first kappa shape index (κ1) is 19.2. The van der Waals surface area contributed by atoms with Crippen LogP contribution in [0.3, 0.4) is 0 Å². The molecule has 0 aliphatic rings. The molecule has 28 heavy (non-hydrogen) atoms. The van der Waals surface area contributed by atoms with Crippen molar-refractivity contribution in [3.05, 3.63) is 95.6 Å². The van der Waals surface area contributed by atoms with E-state index in [9.17, 15) is 4.79 Å². The largest absolute Gasteiger partial charge is 0.488 e. The smallest absolute Gasteiger partial charge is 0.277 e. The molecule has 0 spiro atoms. The number of nitrogens with one attached hydrogen (secondary N) is 1. The van der Waals surface area contributed by atoms with Crippen LogP contribution in [0.1, 0.15) is 16.7 Å². The van der Waals surface area contributed by atoms with E-state index in [0.29, 0.717) is 18.1 Å². The molecule has 0 aromatic heterocycles. The van der Waals surface area contributed by atoms with Gasteiger partial charge < -0.3 is 9.47 Å². The van der Waals surface area contributed by atoms with Gasteiger partial charge in [0, 0.05) is 5.56 Å². The van der Waals surface area contributed by atoms with Crippen LogP contribution in [0.2, 0.25) is 0 Å². The summed E-state index contributed by atoms with van der Waals surface area (Å²) in [5, 5.41) is 4.00. The van der Waals surface area contributed by atoms with Crippen molar-refractivity contribution in [1.82, 2.24) is 5.43 Å². The van der Waals surface area contributed by atoms with Crippen LogP contribution in [0, 0.1) is 6.92 Å². The summed E-state index contributed by atoms with van der Waals surface area (Å²) in [4.78, 5) is 11.9. The predicted molar refractivity (Wildman–Crippen MR) is 110 cm³/mol. The lowest BCUT2D eigenvalue weighted by Gasteiger charge is -2.09. The van der Waals surface area contributed by atoms with Crippen LogP contribution in [0.5, 0.6) is 11.5 Å². The maximum absolute atomic E-state index is 11.9. The van der Waals surface area contributed by atoms with Crippen molar-refractivity contribution in [2.24, 2.45) is 5.10 Å². The highest BCUT2D eigenvalue weighted by atomic mass is 16.5. The highest BCUT2D eigenvalue weighted by molar-refractivity contribution is 5.85. The van der Waals surface area contributed by atoms with Gasteiger partial charge in [0.1, 0.15) is 18.1 Å². The average Bonchev–Trinajstić information content (AvgIpc) is 2.72. The van der Waals surface area contributed by atoms with E-state index in [-0.39, 0.29) is 12.5 Å². The molecule has 0 aliphatic heterocycles. The first-order chi connectivity index (χ1) is 13.7. The SMILES string of the molecule is Cc1cccc(OCC(=O)N/N=C\c2ccccc2OCc2ccccc2)c1. The van der Waals surface area contributed by atoms with Crippen molar-refractivity contribution in [2.45, 2.75) is 13.5 Å². The van der Waals surface area contributed by atoms with Gasteiger partial charge in [0.2, 0.25) is 0 Å². The lowest BCUT2D eigenvalue weighted by Crippen LogP contribution is -2.24. The Morgan fingerprint density at radius 2 is 1.75 bits per heavy atom. The minimum absolute atomic E-state index is 0.104. The van der Waals surface area contributed by atoms with Gasteiger partial charge in [0.15, 0.2) is 6.61 Å². The van der Waals surface area contributed by atoms with Gasteiger partial charge in [-0.2, -0.15) is 5.10 Å². The maximum Gasteiger partial charge on any atom is 0.277 e. The zero-order chi connectivity index (χ0) is 19.6. The Labute approximate surface area is 164 Å². The summed E-state index contributed by atoms with van der Waals surface area (Å²) in [7, 11) is 0. The van der Waals surface area contributed by atoms with Crippen LogP contribution in [0.15, 0.2) is 84.0 Å². The van der Waals surface area contributed by atoms with E-state index < -0.39 is 0 Å². The highest BCUT2D eigenvalue weighted by Crippen LogP contribution is 2.17. The second-order valence-corrected chi connectivity index (χ2v) is 6.21. The minimum Gasteiger partial charge on any atom is -0.488 e. The van der Waals surface area contributed by atoms with Crippen LogP contribution in [0.4, 0.5) is 0 Å². The van der Waals surface area contributed by atoms with E-state index in [1.165, 1.54) is 0 Å². The van der Waals surface area contributed by atoms with Gasteiger partial charge in [0.25, 0.3) is 5.91 Å². The van der Waals surface area contributed by atoms with Crippen LogP contribution in [-0.4, -0.2) is 18.7 Å². The molecule has 3 aromatic carbocycles. The van der Waals surface area contributed by atoms with Gasteiger partial charge in [-0.05, 0) is 42.3 Å². The van der Waals surface area contributed by atoms with Crippen molar-refractivity contribution in [3.63, 3.8) is 0 Å². The Morgan fingerprint density at radius 3 is 2.57 bits per heavy atom. The third-order valence-corrected chi connectivity index (χ3v) is 3.91. The van der Waals surface area contributed by atoms with Gasteiger partial charge >= 0.3 is 0 Å². The van der Waals surface area contributed by atoms with Gasteiger partial charge in [-0.3, -0.25) is 4.79 Å². The van der Waals surface area contributed by atoms with Gasteiger partial charge in [-0.15, -0.1) is 0 Å². The summed E-state index contributed by atoms with van der Waals surface area (Å²) < 4.78 is 11.3. The molecular formula is C23H22N2O3. The van der Waals surface area contributed by atoms with Crippen molar-refractivity contribution in [3.8, 4) is 11.5 Å². The molecule has 5 nitrogen and oxygen atoms in total. The molecule has 1 amide bonds. The summed E-state index contributed by atoms with van der Waals surface area (Å²) >= 11 is 0. The number of amides is 1. The Bertz CT molecular complexity index is 939. The predicted octanol–water partition coefficient (Wildman–Crippen LogP) is 4.10. The number of carbonyl (C=O) groups excluding carboxylic acids is 1. The van der Waals surface area contributed by atoms with Crippen molar-refractivity contribution in [2.75, 3.05) is 6.61 Å². The molecule has 0 saturated carbocycles. The fourth-order valence-electron chi connectivity index (χ4n) is 2.51. The molecular weight excluding hydrogens is 352 g/mol. The van der Waals surface area contributed by atoms with E-state index in [2.05, 4.69) is 10.5 Å². The van der Waals surface area contributed by atoms with E-state index in [1.807, 2.05) is 85.8 Å². The van der Waals surface area contributed by atoms with Gasteiger partial charge in [0.05, 0.1) is 6.21 Å². The summed E-state index contributed by atoms with van der Waals surface area (Å²) in [6.45, 7) is 2.32. The number of hydrogen-bond acceptors (Lipinski definition) is 4. The normalized spacial score (nSPS) is 10.6. The van der Waals surface area contributed by atoms with Crippen LogP contribution in [0.25, 0.3) is 0 Å². The molecule has 3 aromatic rings. The number of benzene rings is 3.